The summed E-state index contributed by atoms with van der Waals surface area (Å²) >= 11 is 0. The maximum Gasteiger partial charge on any atom is 0.295 e. The van der Waals surface area contributed by atoms with Crippen molar-refractivity contribution in [3.8, 4) is 11.3 Å². The first-order chi connectivity index (χ1) is 9.63. The molecule has 0 aliphatic carbocycles. The number of hydrogen-bond donors (Lipinski definition) is 1. The van der Waals surface area contributed by atoms with Gasteiger partial charge in [0.15, 0.2) is 5.69 Å². The van der Waals surface area contributed by atoms with E-state index in [0.29, 0.717) is 17.1 Å². The van der Waals surface area contributed by atoms with Gasteiger partial charge in [-0.25, -0.2) is 4.98 Å². The van der Waals surface area contributed by atoms with E-state index in [1.807, 2.05) is 19.9 Å². The van der Waals surface area contributed by atoms with E-state index < -0.39 is 4.92 Å². The lowest BCUT2D eigenvalue weighted by atomic mass is 10.1. The van der Waals surface area contributed by atoms with E-state index in [1.165, 1.54) is 6.07 Å². The molecule has 104 valence electrons. The smallest absolute Gasteiger partial charge is 0.295 e. The minimum atomic E-state index is -0.418. The standard InChI is InChI=1S/C14H16N4O2/c1-3-7-16-13-5-4-12(18(19)20)14(17-13)11-9-15-8-6-10(11)2/h4-6,8-9H,3,7H2,1-2H3,(H,16,17). The van der Waals surface area contributed by atoms with Gasteiger partial charge < -0.3 is 5.32 Å². The first-order valence-corrected chi connectivity index (χ1v) is 6.43. The third-order valence-electron chi connectivity index (χ3n) is 2.92. The van der Waals surface area contributed by atoms with Crippen LogP contribution in [0.5, 0.6) is 0 Å². The summed E-state index contributed by atoms with van der Waals surface area (Å²) in [7, 11) is 0. The number of hydrogen-bond acceptors (Lipinski definition) is 5. The Morgan fingerprint density at radius 1 is 1.35 bits per heavy atom. The number of aromatic nitrogens is 2. The summed E-state index contributed by atoms with van der Waals surface area (Å²) in [6, 6.07) is 4.92. The molecular formula is C14H16N4O2. The molecule has 6 nitrogen and oxygen atoms in total. The fourth-order valence-electron chi connectivity index (χ4n) is 1.86. The number of rotatable bonds is 5. The minimum Gasteiger partial charge on any atom is -0.370 e. The van der Waals surface area contributed by atoms with Gasteiger partial charge in [0.25, 0.3) is 5.69 Å². The highest BCUT2D eigenvalue weighted by Crippen LogP contribution is 2.30. The third kappa shape index (κ3) is 2.90. The molecule has 2 rings (SSSR count). The number of nitrogens with zero attached hydrogens (tertiary/aromatic N) is 3. The molecule has 0 saturated heterocycles. The quantitative estimate of drug-likeness (QED) is 0.667. The fourth-order valence-corrected chi connectivity index (χ4v) is 1.86. The summed E-state index contributed by atoms with van der Waals surface area (Å²) in [5.74, 6) is 0.635. The summed E-state index contributed by atoms with van der Waals surface area (Å²) in [6.45, 7) is 4.70. The van der Waals surface area contributed by atoms with Crippen LogP contribution >= 0.6 is 0 Å². The Morgan fingerprint density at radius 2 is 2.15 bits per heavy atom. The fraction of sp³-hybridized carbons (Fsp3) is 0.286. The van der Waals surface area contributed by atoms with Crippen LogP contribution < -0.4 is 5.32 Å². The molecule has 0 unspecified atom stereocenters. The molecule has 2 heterocycles. The molecule has 0 aliphatic heterocycles. The average Bonchev–Trinajstić information content (AvgIpc) is 2.45. The topological polar surface area (TPSA) is 81.0 Å². The van der Waals surface area contributed by atoms with E-state index >= 15 is 0 Å². The van der Waals surface area contributed by atoms with Crippen LogP contribution in [-0.4, -0.2) is 21.4 Å². The summed E-state index contributed by atoms with van der Waals surface area (Å²) in [5, 5.41) is 14.3. The van der Waals surface area contributed by atoms with E-state index in [0.717, 1.165) is 18.5 Å². The maximum absolute atomic E-state index is 11.2. The van der Waals surface area contributed by atoms with Gasteiger partial charge in [0, 0.05) is 30.6 Å². The molecular weight excluding hydrogens is 256 g/mol. The van der Waals surface area contributed by atoms with Gasteiger partial charge in [0.2, 0.25) is 0 Å². The van der Waals surface area contributed by atoms with Gasteiger partial charge in [-0.05, 0) is 31.0 Å². The Bertz CT molecular complexity index is 628. The number of pyridine rings is 2. The zero-order valence-corrected chi connectivity index (χ0v) is 11.5. The molecule has 0 saturated carbocycles. The molecule has 0 spiro atoms. The number of nitro groups is 1. The van der Waals surface area contributed by atoms with Gasteiger partial charge in [-0.15, -0.1) is 0 Å². The van der Waals surface area contributed by atoms with Crippen molar-refractivity contribution in [3.63, 3.8) is 0 Å². The van der Waals surface area contributed by atoms with E-state index in [9.17, 15) is 10.1 Å². The number of anilines is 1. The molecule has 1 N–H and O–H groups in total. The second kappa shape index (κ2) is 6.10. The summed E-state index contributed by atoms with van der Waals surface area (Å²) in [5.41, 5.74) is 1.92. The monoisotopic (exact) mass is 272 g/mol. The predicted molar refractivity (Wildman–Crippen MR) is 77.6 cm³/mol. The maximum atomic E-state index is 11.2. The summed E-state index contributed by atoms with van der Waals surface area (Å²) in [6.07, 6.45) is 4.22. The Hall–Kier alpha value is -2.50. The second-order valence-electron chi connectivity index (χ2n) is 4.44. The highest BCUT2D eigenvalue weighted by atomic mass is 16.6. The van der Waals surface area contributed by atoms with Crippen molar-refractivity contribution in [2.45, 2.75) is 20.3 Å². The van der Waals surface area contributed by atoms with Crippen molar-refractivity contribution >= 4 is 11.5 Å². The first-order valence-electron chi connectivity index (χ1n) is 6.43. The van der Waals surface area contributed by atoms with Crippen LogP contribution in [0.1, 0.15) is 18.9 Å². The molecule has 0 aliphatic rings. The van der Waals surface area contributed by atoms with Gasteiger partial charge in [0.1, 0.15) is 5.82 Å². The molecule has 0 aromatic carbocycles. The largest absolute Gasteiger partial charge is 0.370 e. The minimum absolute atomic E-state index is 0.0110. The lowest BCUT2D eigenvalue weighted by Crippen LogP contribution is -2.04. The van der Waals surface area contributed by atoms with Crippen LogP contribution in [0, 0.1) is 17.0 Å². The molecule has 0 bridgehead atoms. The molecule has 20 heavy (non-hydrogen) atoms. The Balaban J connectivity index is 2.53. The van der Waals surface area contributed by atoms with Gasteiger partial charge in [-0.2, -0.15) is 0 Å². The molecule has 2 aromatic rings. The van der Waals surface area contributed by atoms with Crippen LogP contribution in [-0.2, 0) is 0 Å². The zero-order chi connectivity index (χ0) is 14.5. The Kier molecular flexibility index (Phi) is 4.24. The second-order valence-corrected chi connectivity index (χ2v) is 4.44. The van der Waals surface area contributed by atoms with E-state index in [-0.39, 0.29) is 5.69 Å². The highest BCUT2D eigenvalue weighted by Gasteiger charge is 2.19. The SMILES string of the molecule is CCCNc1ccc([N+](=O)[O-])c(-c2cnccc2C)n1. The van der Waals surface area contributed by atoms with Crippen molar-refractivity contribution < 1.29 is 4.92 Å². The van der Waals surface area contributed by atoms with Crippen molar-refractivity contribution in [2.24, 2.45) is 0 Å². The van der Waals surface area contributed by atoms with Crippen molar-refractivity contribution in [2.75, 3.05) is 11.9 Å². The lowest BCUT2D eigenvalue weighted by Gasteiger charge is -2.08. The van der Waals surface area contributed by atoms with Gasteiger partial charge in [-0.1, -0.05) is 6.92 Å². The lowest BCUT2D eigenvalue weighted by molar-refractivity contribution is -0.384. The predicted octanol–water partition coefficient (Wildman–Crippen LogP) is 3.18. The average molecular weight is 272 g/mol. The van der Waals surface area contributed by atoms with E-state index in [1.54, 1.807) is 18.5 Å². The van der Waals surface area contributed by atoms with Crippen LogP contribution in [0.2, 0.25) is 0 Å². The Morgan fingerprint density at radius 3 is 2.80 bits per heavy atom. The van der Waals surface area contributed by atoms with E-state index in [4.69, 9.17) is 0 Å². The normalized spacial score (nSPS) is 10.3. The van der Waals surface area contributed by atoms with Crippen LogP contribution in [0.25, 0.3) is 11.3 Å². The van der Waals surface area contributed by atoms with Gasteiger partial charge >= 0.3 is 0 Å². The van der Waals surface area contributed by atoms with Gasteiger partial charge in [0.05, 0.1) is 4.92 Å². The van der Waals surface area contributed by atoms with Crippen LogP contribution in [0.3, 0.4) is 0 Å². The molecule has 0 amide bonds. The molecule has 0 radical (unpaired) electrons. The van der Waals surface area contributed by atoms with Crippen LogP contribution in [0.15, 0.2) is 30.6 Å². The molecule has 0 atom stereocenters. The van der Waals surface area contributed by atoms with Gasteiger partial charge in [-0.3, -0.25) is 15.1 Å². The number of aryl methyl sites for hydroxylation is 1. The molecule has 2 aromatic heterocycles. The van der Waals surface area contributed by atoms with Crippen LogP contribution in [0.4, 0.5) is 11.5 Å². The Labute approximate surface area is 117 Å². The highest BCUT2D eigenvalue weighted by molar-refractivity contribution is 5.73. The van der Waals surface area contributed by atoms with E-state index in [2.05, 4.69) is 15.3 Å². The zero-order valence-electron chi connectivity index (χ0n) is 11.5. The summed E-state index contributed by atoms with van der Waals surface area (Å²) in [4.78, 5) is 19.1. The summed E-state index contributed by atoms with van der Waals surface area (Å²) < 4.78 is 0. The molecule has 6 heteroatoms. The first kappa shape index (κ1) is 13.9. The number of nitrogens with one attached hydrogen (secondary N) is 1. The van der Waals surface area contributed by atoms with Crippen molar-refractivity contribution in [3.05, 3.63) is 46.3 Å². The molecule has 0 fully saturated rings. The van der Waals surface area contributed by atoms with Crippen molar-refractivity contribution in [1.82, 2.24) is 9.97 Å². The van der Waals surface area contributed by atoms with Crippen molar-refractivity contribution in [1.29, 1.82) is 0 Å². The third-order valence-corrected chi connectivity index (χ3v) is 2.92.